The van der Waals surface area contributed by atoms with Crippen LogP contribution in [-0.2, 0) is 9.59 Å². The summed E-state index contributed by atoms with van der Waals surface area (Å²) in [5.74, 6) is -2.27. The zero-order valence-corrected chi connectivity index (χ0v) is 15.7. The molecule has 4 amide bonds. The molecular weight excluding hydrogens is 346 g/mol. The van der Waals surface area contributed by atoms with Gasteiger partial charge in [-0.1, -0.05) is 30.3 Å². The van der Waals surface area contributed by atoms with Gasteiger partial charge in [-0.25, -0.2) is 9.69 Å². The number of carbonyl (C=O) groups is 4. The number of aromatic nitrogens is 1. The van der Waals surface area contributed by atoms with Gasteiger partial charge in [0.15, 0.2) is 5.78 Å². The fourth-order valence-electron chi connectivity index (χ4n) is 3.52. The summed E-state index contributed by atoms with van der Waals surface area (Å²) in [6.07, 6.45) is 0. The van der Waals surface area contributed by atoms with Crippen LogP contribution in [0.4, 0.5) is 4.79 Å². The Morgan fingerprint density at radius 3 is 2.22 bits per heavy atom. The largest absolute Gasteiger partial charge is 0.341 e. The number of urea groups is 1. The molecule has 1 saturated heterocycles. The predicted molar refractivity (Wildman–Crippen MR) is 98.4 cm³/mol. The minimum atomic E-state index is -0.970. The van der Waals surface area contributed by atoms with E-state index in [0.717, 1.165) is 21.9 Å². The SMILES string of the molecule is Cc1cc(C(=O)CN2C(=O)C(=O)N(C)C2=O)c(C)n1[C@@H](C)c1ccccc1. The summed E-state index contributed by atoms with van der Waals surface area (Å²) in [5, 5.41) is 0. The van der Waals surface area contributed by atoms with E-state index in [1.54, 1.807) is 6.07 Å². The molecule has 0 bridgehead atoms. The van der Waals surface area contributed by atoms with Gasteiger partial charge in [-0.3, -0.25) is 19.3 Å². The van der Waals surface area contributed by atoms with Gasteiger partial charge in [0.2, 0.25) is 0 Å². The molecule has 7 heteroatoms. The van der Waals surface area contributed by atoms with Crippen LogP contribution in [0.3, 0.4) is 0 Å². The quantitative estimate of drug-likeness (QED) is 0.461. The van der Waals surface area contributed by atoms with E-state index in [2.05, 4.69) is 0 Å². The zero-order chi connectivity index (χ0) is 19.9. The van der Waals surface area contributed by atoms with Crippen LogP contribution in [0.5, 0.6) is 0 Å². The second-order valence-corrected chi connectivity index (χ2v) is 6.70. The molecule has 2 heterocycles. The number of nitrogens with zero attached hydrogens (tertiary/aromatic N) is 3. The number of amides is 4. The lowest BCUT2D eigenvalue weighted by molar-refractivity contribution is -0.142. The van der Waals surface area contributed by atoms with E-state index in [4.69, 9.17) is 0 Å². The number of benzene rings is 1. The van der Waals surface area contributed by atoms with E-state index in [9.17, 15) is 19.2 Å². The third-order valence-corrected chi connectivity index (χ3v) is 5.01. The highest BCUT2D eigenvalue weighted by molar-refractivity contribution is 6.45. The summed E-state index contributed by atoms with van der Waals surface area (Å²) >= 11 is 0. The first-order valence-corrected chi connectivity index (χ1v) is 8.64. The highest BCUT2D eigenvalue weighted by atomic mass is 16.2. The molecular formula is C20H21N3O4. The number of hydrogen-bond donors (Lipinski definition) is 0. The lowest BCUT2D eigenvalue weighted by atomic mass is 10.1. The van der Waals surface area contributed by atoms with Crippen LogP contribution < -0.4 is 0 Å². The van der Waals surface area contributed by atoms with Gasteiger partial charge in [-0.2, -0.15) is 0 Å². The van der Waals surface area contributed by atoms with Gasteiger partial charge < -0.3 is 4.57 Å². The summed E-state index contributed by atoms with van der Waals surface area (Å²) in [5.41, 5.74) is 3.21. The summed E-state index contributed by atoms with van der Waals surface area (Å²) in [6, 6.07) is 10.9. The van der Waals surface area contributed by atoms with Crippen molar-refractivity contribution in [2.45, 2.75) is 26.8 Å². The highest BCUT2D eigenvalue weighted by Crippen LogP contribution is 2.26. The molecule has 1 aromatic heterocycles. The van der Waals surface area contributed by atoms with E-state index >= 15 is 0 Å². The normalized spacial score (nSPS) is 15.6. The molecule has 0 unspecified atom stereocenters. The topological polar surface area (TPSA) is 79.7 Å². The van der Waals surface area contributed by atoms with Crippen molar-refractivity contribution >= 4 is 23.6 Å². The van der Waals surface area contributed by atoms with Crippen molar-refractivity contribution in [3.05, 3.63) is 58.9 Å². The second kappa shape index (κ2) is 6.83. The molecule has 1 aliphatic rings. The third kappa shape index (κ3) is 3.05. The zero-order valence-electron chi connectivity index (χ0n) is 15.7. The smallest absolute Gasteiger partial charge is 0.334 e. The molecule has 2 aromatic rings. The van der Waals surface area contributed by atoms with E-state index in [0.29, 0.717) is 10.5 Å². The molecule has 0 N–H and O–H groups in total. The Hall–Kier alpha value is -3.22. The van der Waals surface area contributed by atoms with Gasteiger partial charge in [-0.15, -0.1) is 0 Å². The second-order valence-electron chi connectivity index (χ2n) is 6.70. The molecule has 1 fully saturated rings. The van der Waals surface area contributed by atoms with Crippen molar-refractivity contribution in [1.82, 2.24) is 14.4 Å². The minimum Gasteiger partial charge on any atom is -0.341 e. The van der Waals surface area contributed by atoms with Crippen molar-refractivity contribution in [1.29, 1.82) is 0 Å². The Kier molecular flexibility index (Phi) is 4.70. The molecule has 1 aromatic carbocycles. The van der Waals surface area contributed by atoms with Crippen LogP contribution in [0.2, 0.25) is 0 Å². The van der Waals surface area contributed by atoms with E-state index in [1.165, 1.54) is 7.05 Å². The third-order valence-electron chi connectivity index (χ3n) is 5.01. The first kappa shape index (κ1) is 18.6. The number of imide groups is 2. The maximum absolute atomic E-state index is 12.8. The highest BCUT2D eigenvalue weighted by Gasteiger charge is 2.43. The van der Waals surface area contributed by atoms with Crippen molar-refractivity contribution in [3.8, 4) is 0 Å². The summed E-state index contributed by atoms with van der Waals surface area (Å²) in [6.45, 7) is 5.35. The van der Waals surface area contributed by atoms with Crippen LogP contribution >= 0.6 is 0 Å². The van der Waals surface area contributed by atoms with Crippen molar-refractivity contribution in [2.24, 2.45) is 0 Å². The molecule has 0 radical (unpaired) electrons. The van der Waals surface area contributed by atoms with Crippen molar-refractivity contribution < 1.29 is 19.2 Å². The Balaban J connectivity index is 1.88. The van der Waals surface area contributed by atoms with E-state index < -0.39 is 24.4 Å². The van der Waals surface area contributed by atoms with Crippen molar-refractivity contribution in [2.75, 3.05) is 13.6 Å². The molecule has 27 heavy (non-hydrogen) atoms. The maximum Gasteiger partial charge on any atom is 0.334 e. The van der Waals surface area contributed by atoms with Gasteiger partial charge in [-0.05, 0) is 32.4 Å². The summed E-state index contributed by atoms with van der Waals surface area (Å²) in [4.78, 5) is 49.7. The van der Waals surface area contributed by atoms with Gasteiger partial charge in [0.1, 0.15) is 0 Å². The first-order valence-electron chi connectivity index (χ1n) is 8.64. The fourth-order valence-corrected chi connectivity index (χ4v) is 3.52. The monoisotopic (exact) mass is 367 g/mol. The number of Topliss-reactive ketones (excluding diaryl/α,β-unsaturated/α-hetero) is 1. The maximum atomic E-state index is 12.8. The van der Waals surface area contributed by atoms with Crippen LogP contribution in [0.1, 0.15) is 40.3 Å². The average Bonchev–Trinajstić information content (AvgIpc) is 3.05. The van der Waals surface area contributed by atoms with Gasteiger partial charge in [0.25, 0.3) is 0 Å². The molecule has 0 spiro atoms. The Morgan fingerprint density at radius 2 is 1.67 bits per heavy atom. The number of ketones is 1. The number of hydrogen-bond acceptors (Lipinski definition) is 4. The summed E-state index contributed by atoms with van der Waals surface area (Å²) < 4.78 is 2.05. The molecule has 1 atom stereocenters. The molecule has 0 aliphatic carbocycles. The van der Waals surface area contributed by atoms with Gasteiger partial charge >= 0.3 is 17.8 Å². The fraction of sp³-hybridized carbons (Fsp3) is 0.300. The van der Waals surface area contributed by atoms with Crippen molar-refractivity contribution in [3.63, 3.8) is 0 Å². The Morgan fingerprint density at radius 1 is 1.04 bits per heavy atom. The number of aryl methyl sites for hydroxylation is 1. The Labute approximate surface area is 157 Å². The predicted octanol–water partition coefficient (Wildman–Crippen LogP) is 2.32. The number of carbonyl (C=O) groups excluding carboxylic acids is 4. The molecule has 0 saturated carbocycles. The molecule has 140 valence electrons. The van der Waals surface area contributed by atoms with Crippen LogP contribution in [-0.4, -0.2) is 51.6 Å². The molecule has 1 aliphatic heterocycles. The average molecular weight is 367 g/mol. The molecule has 3 rings (SSSR count). The first-order chi connectivity index (χ1) is 12.7. The van der Waals surface area contributed by atoms with Crippen LogP contribution in [0.25, 0.3) is 0 Å². The van der Waals surface area contributed by atoms with E-state index in [1.807, 2.05) is 55.7 Å². The van der Waals surface area contributed by atoms with E-state index in [-0.39, 0.29) is 11.8 Å². The minimum absolute atomic E-state index is 0.0236. The standard InChI is InChI=1S/C20H21N3O4/c1-12-10-16(14(3)23(12)13(2)15-8-6-5-7-9-15)17(24)11-22-19(26)18(25)21(4)20(22)27/h5-10,13H,11H2,1-4H3/t13-/m0/s1. The van der Waals surface area contributed by atoms with Gasteiger partial charge in [0, 0.05) is 24.0 Å². The number of likely N-dealkylation sites (N-methyl/N-ethyl adjacent to an activating group) is 1. The lowest BCUT2D eigenvalue weighted by Gasteiger charge is -2.19. The van der Waals surface area contributed by atoms with Crippen LogP contribution in [0, 0.1) is 13.8 Å². The summed E-state index contributed by atoms with van der Waals surface area (Å²) in [7, 11) is 1.22. The van der Waals surface area contributed by atoms with Crippen LogP contribution in [0.15, 0.2) is 36.4 Å². The Bertz CT molecular complexity index is 946. The lowest BCUT2D eigenvalue weighted by Crippen LogP contribution is -2.36. The van der Waals surface area contributed by atoms with Gasteiger partial charge in [0.05, 0.1) is 12.6 Å². The molecule has 7 nitrogen and oxygen atoms in total. The number of rotatable bonds is 5.